The zero-order valence-corrected chi connectivity index (χ0v) is 9.53. The third-order valence-corrected chi connectivity index (χ3v) is 2.75. The van der Waals surface area contributed by atoms with Crippen molar-refractivity contribution in [2.24, 2.45) is 0 Å². The number of rotatable bonds is 1. The van der Waals surface area contributed by atoms with Crippen LogP contribution in [0.2, 0.25) is 0 Å². The molecule has 14 heavy (non-hydrogen) atoms. The van der Waals surface area contributed by atoms with Gasteiger partial charge < -0.3 is 10.0 Å². The highest BCUT2D eigenvalue weighted by atomic mass is 79.9. The molecular formula is C9H12BrN3O. The Hall–Kier alpha value is -0.680. The summed E-state index contributed by atoms with van der Waals surface area (Å²) in [4.78, 5) is 10.4. The van der Waals surface area contributed by atoms with Crippen molar-refractivity contribution in [2.45, 2.75) is 18.9 Å². The number of hydrogen-bond donors (Lipinski definition) is 1. The SMILES string of the molecule is CC1(O)CCN(c2ncc(Br)cn2)C1. The van der Waals surface area contributed by atoms with Crippen LogP contribution in [0.4, 0.5) is 5.95 Å². The van der Waals surface area contributed by atoms with Crippen LogP contribution in [0.5, 0.6) is 0 Å². The summed E-state index contributed by atoms with van der Waals surface area (Å²) in [6.07, 6.45) is 4.21. The summed E-state index contributed by atoms with van der Waals surface area (Å²) >= 11 is 3.28. The fourth-order valence-corrected chi connectivity index (χ4v) is 1.79. The highest BCUT2D eigenvalue weighted by Crippen LogP contribution is 2.23. The molecule has 0 saturated carbocycles. The minimum atomic E-state index is -0.601. The Morgan fingerprint density at radius 3 is 2.64 bits per heavy atom. The molecule has 5 heteroatoms. The molecule has 4 nitrogen and oxygen atoms in total. The zero-order valence-electron chi connectivity index (χ0n) is 7.94. The van der Waals surface area contributed by atoms with Crippen LogP contribution in [0.25, 0.3) is 0 Å². The van der Waals surface area contributed by atoms with Gasteiger partial charge in [-0.1, -0.05) is 0 Å². The van der Waals surface area contributed by atoms with Crippen LogP contribution in [0, 0.1) is 0 Å². The van der Waals surface area contributed by atoms with Gasteiger partial charge >= 0.3 is 0 Å². The van der Waals surface area contributed by atoms with Gasteiger partial charge in [0.1, 0.15) is 0 Å². The van der Waals surface area contributed by atoms with Crippen LogP contribution < -0.4 is 4.90 Å². The van der Waals surface area contributed by atoms with Gasteiger partial charge in [0.15, 0.2) is 0 Å². The second kappa shape index (κ2) is 3.47. The third-order valence-electron chi connectivity index (χ3n) is 2.34. The van der Waals surface area contributed by atoms with Crippen molar-refractivity contribution in [2.75, 3.05) is 18.0 Å². The van der Waals surface area contributed by atoms with Crippen molar-refractivity contribution >= 4 is 21.9 Å². The average molecular weight is 258 g/mol. The Kier molecular flexibility index (Phi) is 2.45. The number of hydrogen-bond acceptors (Lipinski definition) is 4. The van der Waals surface area contributed by atoms with E-state index in [4.69, 9.17) is 0 Å². The summed E-state index contributed by atoms with van der Waals surface area (Å²) in [6, 6.07) is 0. The summed E-state index contributed by atoms with van der Waals surface area (Å²) in [5, 5.41) is 9.77. The monoisotopic (exact) mass is 257 g/mol. The number of β-amino-alcohol motifs (C(OH)–C–C–N with tert-alkyl or cyclic N) is 1. The van der Waals surface area contributed by atoms with E-state index in [9.17, 15) is 5.11 Å². The minimum Gasteiger partial charge on any atom is -0.388 e. The topological polar surface area (TPSA) is 49.2 Å². The van der Waals surface area contributed by atoms with Gasteiger partial charge in [0, 0.05) is 25.5 Å². The van der Waals surface area contributed by atoms with Crippen molar-refractivity contribution in [3.63, 3.8) is 0 Å². The molecule has 1 aromatic heterocycles. The number of anilines is 1. The molecule has 1 N–H and O–H groups in total. The molecule has 2 heterocycles. The molecule has 0 aliphatic carbocycles. The summed E-state index contributed by atoms with van der Waals surface area (Å²) in [7, 11) is 0. The van der Waals surface area contributed by atoms with Gasteiger partial charge in [-0.2, -0.15) is 0 Å². The molecular weight excluding hydrogens is 246 g/mol. The van der Waals surface area contributed by atoms with Gasteiger partial charge in [0.05, 0.1) is 10.1 Å². The first-order valence-electron chi connectivity index (χ1n) is 4.52. The quantitative estimate of drug-likeness (QED) is 0.822. The van der Waals surface area contributed by atoms with Crippen LogP contribution in [-0.4, -0.2) is 33.8 Å². The molecule has 1 aliphatic heterocycles. The summed E-state index contributed by atoms with van der Waals surface area (Å²) in [5.74, 6) is 0.686. The molecule has 0 amide bonds. The molecule has 0 aromatic carbocycles. The van der Waals surface area contributed by atoms with E-state index in [1.165, 1.54) is 0 Å². The Bertz CT molecular complexity index is 325. The smallest absolute Gasteiger partial charge is 0.225 e. The number of aromatic nitrogens is 2. The van der Waals surface area contributed by atoms with E-state index in [-0.39, 0.29) is 0 Å². The Labute approximate surface area is 91.1 Å². The van der Waals surface area contributed by atoms with E-state index in [1.54, 1.807) is 12.4 Å². The lowest BCUT2D eigenvalue weighted by atomic mass is 10.1. The van der Waals surface area contributed by atoms with E-state index in [2.05, 4.69) is 25.9 Å². The number of aliphatic hydroxyl groups is 1. The first kappa shape index (κ1) is 9.86. The summed E-state index contributed by atoms with van der Waals surface area (Å²) in [5.41, 5.74) is -0.601. The minimum absolute atomic E-state index is 0.601. The van der Waals surface area contributed by atoms with Crippen LogP contribution >= 0.6 is 15.9 Å². The van der Waals surface area contributed by atoms with Crippen molar-refractivity contribution in [3.8, 4) is 0 Å². The fraction of sp³-hybridized carbons (Fsp3) is 0.556. The highest BCUT2D eigenvalue weighted by Gasteiger charge is 2.32. The Morgan fingerprint density at radius 2 is 2.14 bits per heavy atom. The molecule has 76 valence electrons. The maximum absolute atomic E-state index is 9.77. The van der Waals surface area contributed by atoms with Gasteiger partial charge in [-0.05, 0) is 29.3 Å². The largest absolute Gasteiger partial charge is 0.388 e. The Morgan fingerprint density at radius 1 is 1.50 bits per heavy atom. The van der Waals surface area contributed by atoms with E-state index >= 15 is 0 Å². The first-order chi connectivity index (χ1) is 6.57. The van der Waals surface area contributed by atoms with Crippen LogP contribution in [0.15, 0.2) is 16.9 Å². The first-order valence-corrected chi connectivity index (χ1v) is 5.31. The number of halogens is 1. The molecule has 1 aliphatic rings. The third kappa shape index (κ3) is 2.04. The van der Waals surface area contributed by atoms with Gasteiger partial charge in [-0.25, -0.2) is 9.97 Å². The van der Waals surface area contributed by atoms with E-state index in [0.717, 1.165) is 17.4 Å². The fourth-order valence-electron chi connectivity index (χ4n) is 1.58. The van der Waals surface area contributed by atoms with Gasteiger partial charge in [-0.3, -0.25) is 0 Å². The van der Waals surface area contributed by atoms with E-state index in [0.29, 0.717) is 12.5 Å². The molecule has 1 saturated heterocycles. The predicted molar refractivity (Wildman–Crippen MR) is 57.2 cm³/mol. The highest BCUT2D eigenvalue weighted by molar-refractivity contribution is 9.10. The molecule has 0 spiro atoms. The summed E-state index contributed by atoms with van der Waals surface area (Å²) < 4.78 is 0.868. The molecule has 1 unspecified atom stereocenters. The maximum atomic E-state index is 9.77. The van der Waals surface area contributed by atoms with Gasteiger partial charge in [0.25, 0.3) is 0 Å². The van der Waals surface area contributed by atoms with Crippen LogP contribution in [-0.2, 0) is 0 Å². The maximum Gasteiger partial charge on any atom is 0.225 e. The molecule has 1 aromatic rings. The molecule has 0 bridgehead atoms. The van der Waals surface area contributed by atoms with Crippen molar-refractivity contribution < 1.29 is 5.11 Å². The second-order valence-corrected chi connectivity index (χ2v) is 4.79. The van der Waals surface area contributed by atoms with Crippen LogP contribution in [0.3, 0.4) is 0 Å². The van der Waals surface area contributed by atoms with Gasteiger partial charge in [0.2, 0.25) is 5.95 Å². The lowest BCUT2D eigenvalue weighted by Crippen LogP contribution is -2.30. The lowest BCUT2D eigenvalue weighted by molar-refractivity contribution is 0.0838. The van der Waals surface area contributed by atoms with Crippen molar-refractivity contribution in [3.05, 3.63) is 16.9 Å². The van der Waals surface area contributed by atoms with Gasteiger partial charge in [-0.15, -0.1) is 0 Å². The lowest BCUT2D eigenvalue weighted by Gasteiger charge is -2.18. The molecule has 0 radical (unpaired) electrons. The van der Waals surface area contributed by atoms with Crippen molar-refractivity contribution in [1.29, 1.82) is 0 Å². The zero-order chi connectivity index (χ0) is 10.2. The average Bonchev–Trinajstić information content (AvgIpc) is 2.47. The molecule has 1 atom stereocenters. The summed E-state index contributed by atoms with van der Waals surface area (Å²) in [6.45, 7) is 3.26. The predicted octanol–water partition coefficient (Wildman–Crippen LogP) is 1.20. The number of nitrogens with zero attached hydrogens (tertiary/aromatic N) is 3. The second-order valence-electron chi connectivity index (χ2n) is 3.87. The molecule has 1 fully saturated rings. The van der Waals surface area contributed by atoms with Crippen molar-refractivity contribution in [1.82, 2.24) is 9.97 Å². The van der Waals surface area contributed by atoms with E-state index in [1.807, 2.05) is 11.8 Å². The van der Waals surface area contributed by atoms with Crippen LogP contribution in [0.1, 0.15) is 13.3 Å². The van der Waals surface area contributed by atoms with E-state index < -0.39 is 5.60 Å². The molecule has 2 rings (SSSR count). The standard InChI is InChI=1S/C9H12BrN3O/c1-9(14)2-3-13(6-9)8-11-4-7(10)5-12-8/h4-5,14H,2-3,6H2,1H3. The normalized spacial score (nSPS) is 26.9. The Balaban J connectivity index is 2.14.